The average Bonchev–Trinajstić information content (AvgIpc) is 3.15. The van der Waals surface area contributed by atoms with Gasteiger partial charge in [0.2, 0.25) is 0 Å². The molecule has 0 spiro atoms. The number of benzene rings is 3. The van der Waals surface area contributed by atoms with E-state index in [0.717, 1.165) is 34.4 Å². The number of amides is 1. The quantitative estimate of drug-likeness (QED) is 0.503. The Morgan fingerprint density at radius 2 is 1.58 bits per heavy atom. The number of ether oxygens (including phenoxy) is 2. The molecule has 1 amide bonds. The van der Waals surface area contributed by atoms with Crippen LogP contribution in [-0.2, 0) is 4.74 Å². The van der Waals surface area contributed by atoms with E-state index in [1.807, 2.05) is 48.5 Å². The number of carbonyl (C=O) groups is 1. The standard InChI is InChI=1S/C25H23F2NO5/c1-32-23-11-21(27)20(26)10-18(23)24(30)22(29)12-28-25(31)33-13-19-16-8-4-2-6-14(16)15-7-3-5-9-17(15)19/h2-11,19,22,24,29-30H,12-13H2,1H3,(H,28,31). The molecule has 8 heteroatoms. The third-order valence-corrected chi connectivity index (χ3v) is 5.75. The summed E-state index contributed by atoms with van der Waals surface area (Å²) >= 11 is 0. The molecule has 1 aliphatic carbocycles. The third kappa shape index (κ3) is 4.53. The van der Waals surface area contributed by atoms with Crippen molar-refractivity contribution in [2.24, 2.45) is 0 Å². The van der Waals surface area contributed by atoms with E-state index in [0.29, 0.717) is 0 Å². The van der Waals surface area contributed by atoms with Gasteiger partial charge < -0.3 is 25.0 Å². The number of alkyl carbamates (subject to hydrolysis) is 1. The number of methoxy groups -OCH3 is 1. The van der Waals surface area contributed by atoms with Crippen LogP contribution in [0.25, 0.3) is 11.1 Å². The molecule has 0 aliphatic heterocycles. The van der Waals surface area contributed by atoms with E-state index in [-0.39, 0.29) is 30.4 Å². The van der Waals surface area contributed by atoms with Crippen LogP contribution in [0.2, 0.25) is 0 Å². The monoisotopic (exact) mass is 455 g/mol. The molecule has 3 aromatic carbocycles. The fourth-order valence-corrected chi connectivity index (χ4v) is 4.11. The number of fused-ring (bicyclic) bond motifs is 3. The lowest BCUT2D eigenvalue weighted by atomic mass is 9.98. The van der Waals surface area contributed by atoms with Gasteiger partial charge in [0.25, 0.3) is 0 Å². The molecular weight excluding hydrogens is 432 g/mol. The van der Waals surface area contributed by atoms with E-state index in [1.54, 1.807) is 0 Å². The van der Waals surface area contributed by atoms with Gasteiger partial charge in [0.15, 0.2) is 11.6 Å². The summed E-state index contributed by atoms with van der Waals surface area (Å²) < 4.78 is 37.3. The number of rotatable bonds is 7. The molecule has 6 nitrogen and oxygen atoms in total. The number of aliphatic hydroxyl groups is 2. The van der Waals surface area contributed by atoms with E-state index in [4.69, 9.17) is 9.47 Å². The maximum Gasteiger partial charge on any atom is 0.407 e. The number of aliphatic hydroxyl groups excluding tert-OH is 2. The number of nitrogens with one attached hydrogen (secondary N) is 1. The molecule has 33 heavy (non-hydrogen) atoms. The van der Waals surface area contributed by atoms with Gasteiger partial charge in [-0.3, -0.25) is 0 Å². The van der Waals surface area contributed by atoms with Crippen molar-refractivity contribution in [3.8, 4) is 16.9 Å². The minimum Gasteiger partial charge on any atom is -0.496 e. The van der Waals surface area contributed by atoms with Gasteiger partial charge in [0.05, 0.1) is 7.11 Å². The molecule has 0 saturated heterocycles. The van der Waals surface area contributed by atoms with Gasteiger partial charge >= 0.3 is 6.09 Å². The van der Waals surface area contributed by atoms with Crippen molar-refractivity contribution in [2.75, 3.05) is 20.3 Å². The number of carbonyl (C=O) groups excluding carboxylic acids is 1. The Bertz CT molecular complexity index is 1120. The Labute approximate surface area is 189 Å². The summed E-state index contributed by atoms with van der Waals surface area (Å²) in [4.78, 5) is 12.2. The smallest absolute Gasteiger partial charge is 0.407 e. The third-order valence-electron chi connectivity index (χ3n) is 5.75. The highest BCUT2D eigenvalue weighted by Gasteiger charge is 2.29. The van der Waals surface area contributed by atoms with Crippen molar-refractivity contribution < 1.29 is 33.3 Å². The fourth-order valence-electron chi connectivity index (χ4n) is 4.11. The molecule has 3 N–H and O–H groups in total. The van der Waals surface area contributed by atoms with Crippen LogP contribution in [0.15, 0.2) is 60.7 Å². The van der Waals surface area contributed by atoms with Crippen molar-refractivity contribution >= 4 is 6.09 Å². The summed E-state index contributed by atoms with van der Waals surface area (Å²) in [5.41, 5.74) is 4.18. The van der Waals surface area contributed by atoms with E-state index >= 15 is 0 Å². The molecule has 0 aromatic heterocycles. The number of hydrogen-bond donors (Lipinski definition) is 3. The molecule has 2 atom stereocenters. The summed E-state index contributed by atoms with van der Waals surface area (Å²) in [5, 5.41) is 23.0. The molecule has 4 rings (SSSR count). The molecule has 1 aliphatic rings. The molecule has 3 aromatic rings. The molecule has 0 radical (unpaired) electrons. The largest absolute Gasteiger partial charge is 0.496 e. The zero-order valence-electron chi connectivity index (χ0n) is 17.8. The lowest BCUT2D eigenvalue weighted by Gasteiger charge is -2.21. The average molecular weight is 455 g/mol. The summed E-state index contributed by atoms with van der Waals surface area (Å²) in [6, 6.07) is 17.4. The Balaban J connectivity index is 1.36. The van der Waals surface area contributed by atoms with Crippen LogP contribution in [-0.4, -0.2) is 42.7 Å². The van der Waals surface area contributed by atoms with Crippen LogP contribution in [0.4, 0.5) is 13.6 Å². The van der Waals surface area contributed by atoms with Gasteiger partial charge in [0.1, 0.15) is 24.6 Å². The number of hydrogen-bond acceptors (Lipinski definition) is 5. The molecule has 0 saturated carbocycles. The van der Waals surface area contributed by atoms with E-state index in [9.17, 15) is 23.8 Å². The first-order valence-corrected chi connectivity index (χ1v) is 10.4. The normalized spacial score (nSPS) is 14.2. The molecule has 0 fully saturated rings. The second-order valence-electron chi connectivity index (χ2n) is 7.73. The Hall–Kier alpha value is -3.49. The topological polar surface area (TPSA) is 88.0 Å². The van der Waals surface area contributed by atoms with Crippen molar-refractivity contribution in [3.05, 3.63) is 89.0 Å². The highest BCUT2D eigenvalue weighted by Crippen LogP contribution is 2.44. The lowest BCUT2D eigenvalue weighted by Crippen LogP contribution is -2.36. The molecular formula is C25H23F2NO5. The van der Waals surface area contributed by atoms with Gasteiger partial charge in [0, 0.05) is 24.1 Å². The van der Waals surface area contributed by atoms with Crippen LogP contribution in [0.3, 0.4) is 0 Å². The molecule has 0 heterocycles. The zero-order valence-corrected chi connectivity index (χ0v) is 17.8. The minimum atomic E-state index is -1.62. The van der Waals surface area contributed by atoms with Gasteiger partial charge in [-0.15, -0.1) is 0 Å². The first-order chi connectivity index (χ1) is 15.9. The summed E-state index contributed by atoms with van der Waals surface area (Å²) in [6.07, 6.45) is -3.91. The molecule has 2 unspecified atom stereocenters. The molecule has 172 valence electrons. The highest BCUT2D eigenvalue weighted by atomic mass is 19.2. The molecule has 0 bridgehead atoms. The summed E-state index contributed by atoms with van der Waals surface area (Å²) in [6.45, 7) is -0.282. The summed E-state index contributed by atoms with van der Waals surface area (Å²) in [5.74, 6) is -2.58. The highest BCUT2D eigenvalue weighted by molar-refractivity contribution is 5.79. The van der Waals surface area contributed by atoms with Crippen molar-refractivity contribution in [1.82, 2.24) is 5.32 Å². The minimum absolute atomic E-state index is 0.0928. The van der Waals surface area contributed by atoms with Crippen LogP contribution in [0.1, 0.15) is 28.7 Å². The Morgan fingerprint density at radius 3 is 2.18 bits per heavy atom. The van der Waals surface area contributed by atoms with Crippen LogP contribution in [0.5, 0.6) is 5.75 Å². The van der Waals surface area contributed by atoms with E-state index < -0.39 is 29.9 Å². The van der Waals surface area contributed by atoms with Crippen LogP contribution in [0, 0.1) is 11.6 Å². The summed E-state index contributed by atoms with van der Waals surface area (Å²) in [7, 11) is 1.23. The number of halogens is 2. The predicted molar refractivity (Wildman–Crippen MR) is 117 cm³/mol. The van der Waals surface area contributed by atoms with E-state index in [1.165, 1.54) is 7.11 Å². The van der Waals surface area contributed by atoms with Crippen molar-refractivity contribution in [1.29, 1.82) is 0 Å². The Kier molecular flexibility index (Phi) is 6.57. The van der Waals surface area contributed by atoms with Crippen LogP contribution < -0.4 is 10.1 Å². The lowest BCUT2D eigenvalue weighted by molar-refractivity contribution is 0.0170. The van der Waals surface area contributed by atoms with Gasteiger partial charge in [-0.2, -0.15) is 0 Å². The maximum atomic E-state index is 13.6. The fraction of sp³-hybridized carbons (Fsp3) is 0.240. The second-order valence-corrected chi connectivity index (χ2v) is 7.73. The zero-order chi connectivity index (χ0) is 23.5. The SMILES string of the molecule is COc1cc(F)c(F)cc1C(O)C(O)CNC(=O)OCC1c2ccccc2-c2ccccc21. The first-order valence-electron chi connectivity index (χ1n) is 10.4. The van der Waals surface area contributed by atoms with Gasteiger partial charge in [-0.05, 0) is 28.3 Å². The van der Waals surface area contributed by atoms with Gasteiger partial charge in [-0.1, -0.05) is 48.5 Å². The Morgan fingerprint density at radius 1 is 1.00 bits per heavy atom. The second kappa shape index (κ2) is 9.56. The van der Waals surface area contributed by atoms with Crippen molar-refractivity contribution in [3.63, 3.8) is 0 Å². The van der Waals surface area contributed by atoms with E-state index in [2.05, 4.69) is 5.32 Å². The van der Waals surface area contributed by atoms with Crippen molar-refractivity contribution in [2.45, 2.75) is 18.1 Å². The maximum absolute atomic E-state index is 13.6. The van der Waals surface area contributed by atoms with Gasteiger partial charge in [-0.25, -0.2) is 13.6 Å². The predicted octanol–water partition coefficient (Wildman–Crippen LogP) is 3.91. The van der Waals surface area contributed by atoms with Crippen LogP contribution >= 0.6 is 0 Å². The first kappa shape index (κ1) is 22.7.